The summed E-state index contributed by atoms with van der Waals surface area (Å²) in [5, 5.41) is 9.07. The summed E-state index contributed by atoms with van der Waals surface area (Å²) in [5.74, 6) is 4.51. The number of benzene rings is 1. The van der Waals surface area contributed by atoms with Gasteiger partial charge >= 0.3 is 11.9 Å². The van der Waals surface area contributed by atoms with Crippen LogP contribution in [0.25, 0.3) is 5.70 Å². The summed E-state index contributed by atoms with van der Waals surface area (Å²) in [7, 11) is 0. The number of ether oxygens (including phenoxy) is 1. The van der Waals surface area contributed by atoms with Gasteiger partial charge in [-0.1, -0.05) is 0 Å². The number of nitrogens with two attached hydrogens (primary N) is 1. The van der Waals surface area contributed by atoms with Crippen molar-refractivity contribution in [2.24, 2.45) is 0 Å². The number of rotatable bonds is 1. The highest BCUT2D eigenvalue weighted by Gasteiger charge is 2.36. The number of nitrogens with zero attached hydrogens (tertiary/aromatic N) is 3. The van der Waals surface area contributed by atoms with Crippen molar-refractivity contribution in [1.29, 1.82) is 5.26 Å². The summed E-state index contributed by atoms with van der Waals surface area (Å²) in [4.78, 5) is 24.5. The molecular formula is C16H10F4N4O3. The zero-order valence-electron chi connectivity index (χ0n) is 13.6. The molecule has 2 heterocycles. The van der Waals surface area contributed by atoms with Gasteiger partial charge in [0.25, 0.3) is 5.56 Å². The smallest absolute Gasteiger partial charge is 0.433 e. The first-order chi connectivity index (χ1) is 12.5. The summed E-state index contributed by atoms with van der Waals surface area (Å²) in [5.41, 5.74) is -4.37. The fraction of sp³-hybridized carbons (Fsp3) is 0.188. The SMILES string of the molecule is CC1=C(n2c(=O)cc(C(F)(F)F)n(N)c2=O)Cc2cc(F)cc(C#N)c2O1. The van der Waals surface area contributed by atoms with Gasteiger partial charge in [0, 0.05) is 18.1 Å². The molecule has 1 aromatic carbocycles. The van der Waals surface area contributed by atoms with Crippen LogP contribution in [0.2, 0.25) is 0 Å². The predicted octanol–water partition coefficient (Wildman–Crippen LogP) is 1.58. The van der Waals surface area contributed by atoms with Crippen molar-refractivity contribution in [2.75, 3.05) is 5.84 Å². The zero-order valence-corrected chi connectivity index (χ0v) is 13.6. The second-order valence-corrected chi connectivity index (χ2v) is 5.69. The zero-order chi connectivity index (χ0) is 20.1. The van der Waals surface area contributed by atoms with Gasteiger partial charge < -0.3 is 10.6 Å². The first-order valence-corrected chi connectivity index (χ1v) is 7.36. The van der Waals surface area contributed by atoms with Crippen LogP contribution in [0.1, 0.15) is 23.7 Å². The van der Waals surface area contributed by atoms with Crippen LogP contribution < -0.4 is 21.8 Å². The van der Waals surface area contributed by atoms with E-state index in [2.05, 4.69) is 0 Å². The number of hydrogen-bond donors (Lipinski definition) is 1. The van der Waals surface area contributed by atoms with Crippen LogP contribution in [0.4, 0.5) is 17.6 Å². The molecule has 0 radical (unpaired) electrons. The average molecular weight is 382 g/mol. The number of nitriles is 1. The number of allylic oxidation sites excluding steroid dienone is 2. The van der Waals surface area contributed by atoms with Crippen molar-refractivity contribution in [3.8, 4) is 11.8 Å². The van der Waals surface area contributed by atoms with Crippen LogP contribution in [-0.4, -0.2) is 9.24 Å². The quantitative estimate of drug-likeness (QED) is 0.596. The normalized spacial score (nSPS) is 13.8. The first-order valence-electron chi connectivity index (χ1n) is 7.36. The topological polar surface area (TPSA) is 103 Å². The van der Waals surface area contributed by atoms with Crippen LogP contribution in [0.3, 0.4) is 0 Å². The highest BCUT2D eigenvalue weighted by Crippen LogP contribution is 2.35. The predicted molar refractivity (Wildman–Crippen MR) is 84.5 cm³/mol. The minimum atomic E-state index is -5.00. The number of alkyl halides is 3. The highest BCUT2D eigenvalue weighted by atomic mass is 19.4. The van der Waals surface area contributed by atoms with E-state index in [9.17, 15) is 27.2 Å². The minimum Gasteiger partial charge on any atom is -0.458 e. The van der Waals surface area contributed by atoms with E-state index in [1.165, 1.54) is 6.92 Å². The second kappa shape index (κ2) is 6.01. The van der Waals surface area contributed by atoms with Crippen LogP contribution in [0.5, 0.6) is 5.75 Å². The lowest BCUT2D eigenvalue weighted by atomic mass is 10.0. The molecule has 3 rings (SSSR count). The van der Waals surface area contributed by atoms with Gasteiger partial charge in [-0.05, 0) is 19.1 Å². The van der Waals surface area contributed by atoms with Crippen molar-refractivity contribution in [3.05, 3.63) is 67.4 Å². The van der Waals surface area contributed by atoms with Gasteiger partial charge in [-0.3, -0.25) is 4.79 Å². The molecular weight excluding hydrogens is 372 g/mol. The third-order valence-corrected chi connectivity index (χ3v) is 3.97. The molecule has 0 amide bonds. The number of fused-ring (bicyclic) bond motifs is 1. The van der Waals surface area contributed by atoms with Crippen LogP contribution in [-0.2, 0) is 12.6 Å². The van der Waals surface area contributed by atoms with E-state index in [1.54, 1.807) is 6.07 Å². The summed E-state index contributed by atoms with van der Waals surface area (Å²) in [6.07, 6.45) is -5.23. The molecule has 2 aromatic rings. The monoisotopic (exact) mass is 382 g/mol. The van der Waals surface area contributed by atoms with Gasteiger partial charge in [-0.25, -0.2) is 18.4 Å². The Labute approximate surface area is 148 Å². The lowest BCUT2D eigenvalue weighted by Crippen LogP contribution is -2.46. The summed E-state index contributed by atoms with van der Waals surface area (Å²) in [6, 6.07) is 3.94. The standard InChI is InChI=1S/C16H10F4N4O3/c1-7-11(4-8-2-10(17)3-9(6-21)14(8)27-7)23-13(25)5-12(16(18,19)20)24(22)15(23)26/h2-3,5H,4,22H2,1H3. The number of halogens is 4. The average Bonchev–Trinajstić information content (AvgIpc) is 2.57. The van der Waals surface area contributed by atoms with Crippen LogP contribution >= 0.6 is 0 Å². The van der Waals surface area contributed by atoms with E-state index in [4.69, 9.17) is 15.8 Å². The number of hydrogen-bond acceptors (Lipinski definition) is 5. The number of nitrogen functional groups attached to an aromatic ring is 1. The Morgan fingerprint density at radius 1 is 1.26 bits per heavy atom. The fourth-order valence-electron chi connectivity index (χ4n) is 2.76. The Kier molecular flexibility index (Phi) is 4.06. The van der Waals surface area contributed by atoms with E-state index in [-0.39, 0.29) is 45.5 Å². The van der Waals surface area contributed by atoms with Crippen LogP contribution in [0.15, 0.2) is 33.5 Å². The van der Waals surface area contributed by atoms with E-state index in [0.29, 0.717) is 4.57 Å². The van der Waals surface area contributed by atoms with Crippen LogP contribution in [0, 0.1) is 17.1 Å². The third-order valence-electron chi connectivity index (χ3n) is 3.97. The Hall–Kier alpha value is -3.55. The summed E-state index contributed by atoms with van der Waals surface area (Å²) < 4.78 is 58.0. The van der Waals surface area contributed by atoms with Gasteiger partial charge in [-0.15, -0.1) is 0 Å². The molecule has 2 N–H and O–H groups in total. The van der Waals surface area contributed by atoms with E-state index < -0.39 is 28.9 Å². The third kappa shape index (κ3) is 2.95. The van der Waals surface area contributed by atoms with Gasteiger partial charge in [0.15, 0.2) is 5.69 Å². The molecule has 0 bridgehead atoms. The molecule has 0 atom stereocenters. The largest absolute Gasteiger partial charge is 0.458 e. The Morgan fingerprint density at radius 2 is 1.93 bits per heavy atom. The first kappa shape index (κ1) is 18.2. The second-order valence-electron chi connectivity index (χ2n) is 5.69. The molecule has 140 valence electrons. The Balaban J connectivity index is 2.22. The molecule has 11 heteroatoms. The van der Waals surface area contributed by atoms with Crippen molar-refractivity contribution in [1.82, 2.24) is 9.24 Å². The lowest BCUT2D eigenvalue weighted by Gasteiger charge is -2.23. The van der Waals surface area contributed by atoms with Gasteiger partial charge in [-0.2, -0.15) is 18.4 Å². The Bertz CT molecular complexity index is 1150. The van der Waals surface area contributed by atoms with E-state index in [1.807, 2.05) is 0 Å². The maximum atomic E-state index is 13.7. The molecule has 0 spiro atoms. The molecule has 0 saturated heterocycles. The van der Waals surface area contributed by atoms with Crippen molar-refractivity contribution >= 4 is 5.70 Å². The maximum absolute atomic E-state index is 13.7. The van der Waals surface area contributed by atoms with Crippen molar-refractivity contribution in [3.63, 3.8) is 0 Å². The molecule has 1 aliphatic rings. The fourth-order valence-corrected chi connectivity index (χ4v) is 2.76. The van der Waals surface area contributed by atoms with Crippen molar-refractivity contribution in [2.45, 2.75) is 19.5 Å². The molecule has 27 heavy (non-hydrogen) atoms. The maximum Gasteiger partial charge on any atom is 0.433 e. The van der Waals surface area contributed by atoms with E-state index >= 15 is 0 Å². The van der Waals surface area contributed by atoms with Gasteiger partial charge in [0.2, 0.25) is 0 Å². The van der Waals surface area contributed by atoms with Gasteiger partial charge in [0.1, 0.15) is 23.4 Å². The molecule has 0 unspecified atom stereocenters. The van der Waals surface area contributed by atoms with Gasteiger partial charge in [0.05, 0.1) is 11.3 Å². The van der Waals surface area contributed by atoms with Crippen molar-refractivity contribution < 1.29 is 22.3 Å². The highest BCUT2D eigenvalue weighted by molar-refractivity contribution is 5.62. The lowest BCUT2D eigenvalue weighted by molar-refractivity contribution is -0.143. The molecule has 0 saturated carbocycles. The molecule has 0 fully saturated rings. The molecule has 1 aliphatic heterocycles. The van der Waals surface area contributed by atoms with E-state index in [0.717, 1.165) is 12.1 Å². The number of aromatic nitrogens is 2. The molecule has 1 aromatic heterocycles. The summed E-state index contributed by atoms with van der Waals surface area (Å²) in [6.45, 7) is 1.35. The molecule has 7 nitrogen and oxygen atoms in total. The minimum absolute atomic E-state index is 0.00966. The Morgan fingerprint density at radius 3 is 2.52 bits per heavy atom. The molecule has 0 aliphatic carbocycles. The summed E-state index contributed by atoms with van der Waals surface area (Å²) >= 11 is 0.